The van der Waals surface area contributed by atoms with Gasteiger partial charge in [0.2, 0.25) is 0 Å². The number of H-pyrrole nitrogens is 1. The van der Waals surface area contributed by atoms with Crippen LogP contribution in [0.3, 0.4) is 0 Å². The molecule has 1 aromatic rings. The molecule has 118 valence electrons. The fourth-order valence-corrected chi connectivity index (χ4v) is 4.56. The average Bonchev–Trinajstić information content (AvgIpc) is 3.20. The third-order valence-corrected chi connectivity index (χ3v) is 6.37. The Morgan fingerprint density at radius 1 is 1.43 bits per heavy atom. The summed E-state index contributed by atoms with van der Waals surface area (Å²) in [5, 5.41) is 10.3. The van der Waals surface area contributed by atoms with E-state index in [1.807, 2.05) is 0 Å². The second-order valence-corrected chi connectivity index (χ2v) is 8.03. The Balaban J connectivity index is 1.75. The molecule has 1 aromatic heterocycles. The summed E-state index contributed by atoms with van der Waals surface area (Å²) >= 11 is 0. The predicted octanol–water partition coefficient (Wildman–Crippen LogP) is 1.47. The van der Waals surface area contributed by atoms with Crippen molar-refractivity contribution >= 4 is 10.0 Å². The molecular weight excluding hydrogens is 288 g/mol. The van der Waals surface area contributed by atoms with Gasteiger partial charge in [-0.05, 0) is 31.6 Å². The Morgan fingerprint density at radius 2 is 2.24 bits per heavy atom. The summed E-state index contributed by atoms with van der Waals surface area (Å²) < 4.78 is 27.3. The molecule has 0 spiro atoms. The molecule has 1 aliphatic heterocycles. The molecule has 1 aliphatic carbocycles. The first-order chi connectivity index (χ1) is 10.1. The molecule has 0 aromatic carbocycles. The molecule has 7 heteroatoms. The fraction of sp³-hybridized carbons (Fsp3) is 0.786. The van der Waals surface area contributed by atoms with Gasteiger partial charge in [0.1, 0.15) is 0 Å². The Morgan fingerprint density at radius 3 is 2.95 bits per heavy atom. The minimum absolute atomic E-state index is 0.271. The van der Waals surface area contributed by atoms with Gasteiger partial charge in [-0.2, -0.15) is 9.40 Å². The van der Waals surface area contributed by atoms with Crippen LogP contribution in [0.15, 0.2) is 11.2 Å². The first kappa shape index (κ1) is 15.0. The lowest BCUT2D eigenvalue weighted by atomic mass is 9.97. The van der Waals surface area contributed by atoms with Crippen LogP contribution in [0.4, 0.5) is 0 Å². The maximum absolute atomic E-state index is 12.8. The van der Waals surface area contributed by atoms with Crippen molar-refractivity contribution in [3.63, 3.8) is 0 Å². The van der Waals surface area contributed by atoms with E-state index >= 15 is 0 Å². The number of hydrogen-bond donors (Lipinski definition) is 2. The van der Waals surface area contributed by atoms with E-state index in [2.05, 4.69) is 22.4 Å². The lowest BCUT2D eigenvalue weighted by molar-refractivity contribution is 0.261. The highest BCUT2D eigenvalue weighted by Crippen LogP contribution is 2.26. The van der Waals surface area contributed by atoms with Crippen molar-refractivity contribution < 1.29 is 8.42 Å². The predicted molar refractivity (Wildman–Crippen MR) is 80.2 cm³/mol. The number of piperidine rings is 1. The normalized spacial score (nSPS) is 24.3. The second kappa shape index (κ2) is 6.06. The van der Waals surface area contributed by atoms with E-state index in [0.717, 1.165) is 24.8 Å². The number of hydrogen-bond acceptors (Lipinski definition) is 4. The summed E-state index contributed by atoms with van der Waals surface area (Å²) in [7, 11) is -3.44. The van der Waals surface area contributed by atoms with Gasteiger partial charge in [0, 0.05) is 31.2 Å². The Bertz CT molecular complexity index is 580. The molecule has 6 nitrogen and oxygen atoms in total. The van der Waals surface area contributed by atoms with Gasteiger partial charge in [-0.1, -0.05) is 13.3 Å². The fourth-order valence-electron chi connectivity index (χ4n) is 2.90. The molecule has 0 radical (unpaired) electrons. The molecule has 1 saturated heterocycles. The summed E-state index contributed by atoms with van der Waals surface area (Å²) in [6.45, 7) is 3.95. The van der Waals surface area contributed by atoms with E-state index in [4.69, 9.17) is 0 Å². The zero-order valence-corrected chi connectivity index (χ0v) is 13.3. The summed E-state index contributed by atoms with van der Waals surface area (Å²) in [4.78, 5) is 0. The molecular formula is C14H24N4O2S. The maximum atomic E-state index is 12.8. The minimum Gasteiger partial charge on any atom is -0.310 e. The number of nitrogens with one attached hydrogen (secondary N) is 2. The average molecular weight is 312 g/mol. The Hall–Kier alpha value is -0.920. The van der Waals surface area contributed by atoms with E-state index in [0.29, 0.717) is 31.6 Å². The van der Waals surface area contributed by atoms with Crippen LogP contribution in [0.25, 0.3) is 0 Å². The maximum Gasteiger partial charge on any atom is 0.260 e. The van der Waals surface area contributed by atoms with E-state index < -0.39 is 10.0 Å². The van der Waals surface area contributed by atoms with Crippen LogP contribution < -0.4 is 5.32 Å². The highest BCUT2D eigenvalue weighted by molar-refractivity contribution is 7.89. The molecule has 1 unspecified atom stereocenters. The van der Waals surface area contributed by atoms with Crippen molar-refractivity contribution in [3.05, 3.63) is 11.8 Å². The Labute approximate surface area is 126 Å². The number of sulfonamides is 1. The summed E-state index contributed by atoms with van der Waals surface area (Å²) in [6.07, 6.45) is 7.10. The molecule has 0 amide bonds. The van der Waals surface area contributed by atoms with E-state index in [1.165, 1.54) is 12.8 Å². The van der Waals surface area contributed by atoms with Crippen LogP contribution in [-0.2, 0) is 16.6 Å². The Kier molecular flexibility index (Phi) is 4.33. The van der Waals surface area contributed by atoms with E-state index in [9.17, 15) is 8.42 Å². The van der Waals surface area contributed by atoms with Gasteiger partial charge in [0.05, 0.1) is 6.20 Å². The van der Waals surface area contributed by atoms with Crippen molar-refractivity contribution in [2.75, 3.05) is 13.1 Å². The molecule has 2 heterocycles. The summed E-state index contributed by atoms with van der Waals surface area (Å²) in [6, 6.07) is 0.551. The molecule has 1 atom stereocenters. The number of nitrogens with zero attached hydrogens (tertiary/aromatic N) is 2. The first-order valence-electron chi connectivity index (χ1n) is 7.87. The summed E-state index contributed by atoms with van der Waals surface area (Å²) in [5.74, 6) is 0.476. The van der Waals surface area contributed by atoms with Crippen molar-refractivity contribution in [2.24, 2.45) is 5.92 Å². The first-order valence-corrected chi connectivity index (χ1v) is 9.31. The largest absolute Gasteiger partial charge is 0.310 e. The van der Waals surface area contributed by atoms with Crippen LogP contribution >= 0.6 is 0 Å². The highest BCUT2D eigenvalue weighted by atomic mass is 32.2. The van der Waals surface area contributed by atoms with Gasteiger partial charge < -0.3 is 5.32 Å². The smallest absolute Gasteiger partial charge is 0.260 e. The van der Waals surface area contributed by atoms with Gasteiger partial charge in [-0.25, -0.2) is 8.42 Å². The van der Waals surface area contributed by atoms with Crippen molar-refractivity contribution in [3.8, 4) is 0 Å². The van der Waals surface area contributed by atoms with Crippen LogP contribution in [0.2, 0.25) is 0 Å². The topological polar surface area (TPSA) is 78.1 Å². The van der Waals surface area contributed by atoms with Gasteiger partial charge in [0.15, 0.2) is 5.03 Å². The van der Waals surface area contributed by atoms with Gasteiger partial charge in [0.25, 0.3) is 10.0 Å². The third kappa shape index (κ3) is 3.30. The SMILES string of the molecule is CCC1CCCN(S(=O)(=O)c2[nH]ncc2CNC2CC2)C1. The monoisotopic (exact) mass is 312 g/mol. The molecule has 2 N–H and O–H groups in total. The van der Waals surface area contributed by atoms with E-state index in [-0.39, 0.29) is 5.03 Å². The zero-order chi connectivity index (χ0) is 14.9. The molecule has 21 heavy (non-hydrogen) atoms. The van der Waals surface area contributed by atoms with Crippen molar-refractivity contribution in [1.82, 2.24) is 19.8 Å². The van der Waals surface area contributed by atoms with Gasteiger partial charge >= 0.3 is 0 Å². The van der Waals surface area contributed by atoms with Crippen LogP contribution in [0.5, 0.6) is 0 Å². The van der Waals surface area contributed by atoms with Crippen molar-refractivity contribution in [2.45, 2.75) is 56.6 Å². The highest BCUT2D eigenvalue weighted by Gasteiger charge is 2.32. The third-order valence-electron chi connectivity index (χ3n) is 4.49. The molecule has 1 saturated carbocycles. The van der Waals surface area contributed by atoms with Crippen LogP contribution in [0.1, 0.15) is 44.6 Å². The number of aromatic amines is 1. The standard InChI is InChI=1S/C14H24N4O2S/c1-2-11-4-3-7-18(10-11)21(19,20)14-12(9-16-17-14)8-15-13-5-6-13/h9,11,13,15H,2-8,10H2,1H3,(H,16,17). The van der Waals surface area contributed by atoms with Crippen LogP contribution in [-0.4, -0.2) is 42.1 Å². The molecule has 2 fully saturated rings. The van der Waals surface area contributed by atoms with Gasteiger partial charge in [-0.3, -0.25) is 5.10 Å². The zero-order valence-electron chi connectivity index (χ0n) is 12.5. The van der Waals surface area contributed by atoms with E-state index in [1.54, 1.807) is 10.5 Å². The molecule has 2 aliphatic rings. The van der Waals surface area contributed by atoms with Gasteiger partial charge in [-0.15, -0.1) is 0 Å². The molecule has 0 bridgehead atoms. The van der Waals surface area contributed by atoms with Crippen molar-refractivity contribution in [1.29, 1.82) is 0 Å². The minimum atomic E-state index is -3.44. The lowest BCUT2D eigenvalue weighted by Gasteiger charge is -2.31. The quantitative estimate of drug-likeness (QED) is 0.834. The summed E-state index contributed by atoms with van der Waals surface area (Å²) in [5.41, 5.74) is 0.750. The van der Waals surface area contributed by atoms with Crippen LogP contribution in [0, 0.1) is 5.92 Å². The number of aromatic nitrogens is 2. The lowest BCUT2D eigenvalue weighted by Crippen LogP contribution is -2.40. The number of rotatable bonds is 6. The molecule has 3 rings (SSSR count). The second-order valence-electron chi connectivity index (χ2n) is 6.16.